The highest BCUT2D eigenvalue weighted by Gasteiger charge is 2.16. The Labute approximate surface area is 123 Å². The lowest BCUT2D eigenvalue weighted by Crippen LogP contribution is -2.28. The summed E-state index contributed by atoms with van der Waals surface area (Å²) in [5, 5.41) is 0.128. The van der Waals surface area contributed by atoms with Crippen LogP contribution in [-0.2, 0) is 12.8 Å². The third-order valence-electron chi connectivity index (χ3n) is 4.18. The molecule has 2 rings (SSSR count). The van der Waals surface area contributed by atoms with Crippen LogP contribution >= 0.6 is 11.6 Å². The maximum absolute atomic E-state index is 6.62. The van der Waals surface area contributed by atoms with E-state index in [4.69, 9.17) is 11.6 Å². The minimum atomic E-state index is 0.128. The number of halogens is 1. The average molecular weight is 280 g/mol. The fraction of sp³-hybridized carbons (Fsp3) is 0.647. The number of alkyl halides is 1. The van der Waals surface area contributed by atoms with E-state index >= 15 is 0 Å². The molecule has 0 aromatic heterocycles. The predicted molar refractivity (Wildman–Crippen MR) is 84.1 cm³/mol. The van der Waals surface area contributed by atoms with Crippen molar-refractivity contribution < 1.29 is 0 Å². The summed E-state index contributed by atoms with van der Waals surface area (Å²) >= 11 is 6.62. The molecule has 0 heterocycles. The van der Waals surface area contributed by atoms with E-state index < -0.39 is 0 Å². The highest BCUT2D eigenvalue weighted by Crippen LogP contribution is 2.28. The number of likely N-dealkylation sites (N-methyl/N-ethyl adjacent to an activating group) is 1. The van der Waals surface area contributed by atoms with Gasteiger partial charge >= 0.3 is 0 Å². The molecular weight excluding hydrogens is 254 g/mol. The Morgan fingerprint density at radius 3 is 2.74 bits per heavy atom. The van der Waals surface area contributed by atoms with E-state index in [1.165, 1.54) is 55.3 Å². The lowest BCUT2D eigenvalue weighted by atomic mass is 10.0. The topological polar surface area (TPSA) is 3.24 Å². The molecule has 1 aliphatic carbocycles. The quantitative estimate of drug-likeness (QED) is 0.661. The highest BCUT2D eigenvalue weighted by molar-refractivity contribution is 6.21. The second kappa shape index (κ2) is 7.31. The van der Waals surface area contributed by atoms with E-state index in [-0.39, 0.29) is 5.38 Å². The summed E-state index contributed by atoms with van der Waals surface area (Å²) in [4.78, 5) is 2.47. The van der Waals surface area contributed by atoms with Gasteiger partial charge in [0, 0.05) is 6.54 Å². The molecule has 0 amide bonds. The number of rotatable bonds is 7. The second-order valence-electron chi connectivity index (χ2n) is 5.60. The lowest BCUT2D eigenvalue weighted by Gasteiger charge is -2.23. The first-order valence-corrected chi connectivity index (χ1v) is 8.16. The molecule has 19 heavy (non-hydrogen) atoms. The number of nitrogens with zero attached hydrogens (tertiary/aromatic N) is 1. The Balaban J connectivity index is 1.96. The van der Waals surface area contributed by atoms with Gasteiger partial charge in [-0.3, -0.25) is 0 Å². The van der Waals surface area contributed by atoms with Crippen molar-refractivity contribution in [1.82, 2.24) is 4.90 Å². The molecule has 1 nitrogen and oxygen atoms in total. The summed E-state index contributed by atoms with van der Waals surface area (Å²) in [7, 11) is 0. The average Bonchev–Trinajstić information content (AvgIpc) is 2.90. The van der Waals surface area contributed by atoms with Gasteiger partial charge in [-0.1, -0.05) is 38.5 Å². The first-order chi connectivity index (χ1) is 9.24. The minimum Gasteiger partial charge on any atom is -0.302 e. The van der Waals surface area contributed by atoms with E-state index in [2.05, 4.69) is 36.9 Å². The van der Waals surface area contributed by atoms with Crippen LogP contribution in [0.5, 0.6) is 0 Å². The molecule has 0 aliphatic heterocycles. The summed E-state index contributed by atoms with van der Waals surface area (Å²) in [6.07, 6.45) is 6.31. The van der Waals surface area contributed by atoms with Gasteiger partial charge in [-0.2, -0.15) is 0 Å². The molecule has 0 bridgehead atoms. The van der Waals surface area contributed by atoms with Gasteiger partial charge in [-0.15, -0.1) is 11.6 Å². The fourth-order valence-electron chi connectivity index (χ4n) is 2.88. The van der Waals surface area contributed by atoms with Gasteiger partial charge in [-0.05, 0) is 55.5 Å². The smallest absolute Gasteiger partial charge is 0.0712 e. The molecule has 1 atom stereocenters. The van der Waals surface area contributed by atoms with Crippen LogP contribution < -0.4 is 0 Å². The van der Waals surface area contributed by atoms with E-state index in [1.807, 2.05) is 0 Å². The zero-order valence-electron chi connectivity index (χ0n) is 12.3. The standard InChI is InChI=1S/C17H26ClN/c1-3-5-11-19(4-2)13-17(18)16-10-9-14-7-6-8-15(14)12-16/h9-10,12,17H,3-8,11,13H2,1-2H3. The molecule has 1 unspecified atom stereocenters. The van der Waals surface area contributed by atoms with E-state index in [1.54, 1.807) is 0 Å². The SMILES string of the molecule is CCCCN(CC)CC(Cl)c1ccc2c(c1)CCC2. The molecule has 1 aromatic carbocycles. The Morgan fingerprint density at radius 1 is 1.21 bits per heavy atom. The Morgan fingerprint density at radius 2 is 2.00 bits per heavy atom. The number of hydrogen-bond donors (Lipinski definition) is 0. The predicted octanol–water partition coefficient (Wildman–Crippen LogP) is 4.58. The van der Waals surface area contributed by atoms with Crippen LogP contribution in [0.3, 0.4) is 0 Å². The summed E-state index contributed by atoms with van der Waals surface area (Å²) in [6, 6.07) is 6.86. The van der Waals surface area contributed by atoms with Crippen LogP contribution in [0.15, 0.2) is 18.2 Å². The molecular formula is C17H26ClN. The van der Waals surface area contributed by atoms with Crippen LogP contribution in [0.25, 0.3) is 0 Å². The minimum absolute atomic E-state index is 0.128. The largest absolute Gasteiger partial charge is 0.302 e. The first kappa shape index (κ1) is 14.9. The van der Waals surface area contributed by atoms with Gasteiger partial charge in [0.05, 0.1) is 5.38 Å². The molecule has 1 aromatic rings. The summed E-state index contributed by atoms with van der Waals surface area (Å²) in [5.74, 6) is 0. The molecule has 2 heteroatoms. The van der Waals surface area contributed by atoms with Crippen molar-refractivity contribution in [3.63, 3.8) is 0 Å². The number of fused-ring (bicyclic) bond motifs is 1. The molecule has 106 valence electrons. The fourth-order valence-corrected chi connectivity index (χ4v) is 3.21. The third-order valence-corrected chi connectivity index (χ3v) is 4.57. The summed E-state index contributed by atoms with van der Waals surface area (Å²) in [6.45, 7) is 7.70. The van der Waals surface area contributed by atoms with E-state index in [9.17, 15) is 0 Å². The molecule has 0 fully saturated rings. The van der Waals surface area contributed by atoms with Gasteiger partial charge in [0.1, 0.15) is 0 Å². The van der Waals surface area contributed by atoms with E-state index in [0.29, 0.717) is 0 Å². The molecule has 0 saturated heterocycles. The Hall–Kier alpha value is -0.530. The highest BCUT2D eigenvalue weighted by atomic mass is 35.5. The summed E-state index contributed by atoms with van der Waals surface area (Å²) < 4.78 is 0. The zero-order valence-corrected chi connectivity index (χ0v) is 13.0. The molecule has 0 saturated carbocycles. The summed E-state index contributed by atoms with van der Waals surface area (Å²) in [5.41, 5.74) is 4.36. The Kier molecular flexibility index (Phi) is 5.72. The second-order valence-corrected chi connectivity index (χ2v) is 6.12. The molecule has 0 N–H and O–H groups in total. The first-order valence-electron chi connectivity index (χ1n) is 7.72. The van der Waals surface area contributed by atoms with Crippen molar-refractivity contribution in [3.05, 3.63) is 34.9 Å². The van der Waals surface area contributed by atoms with Crippen molar-refractivity contribution >= 4 is 11.6 Å². The van der Waals surface area contributed by atoms with Crippen LogP contribution in [0.4, 0.5) is 0 Å². The van der Waals surface area contributed by atoms with Gasteiger partial charge in [-0.25, -0.2) is 0 Å². The maximum atomic E-state index is 6.62. The molecule has 1 aliphatic rings. The van der Waals surface area contributed by atoms with Crippen molar-refractivity contribution in [2.45, 2.75) is 51.3 Å². The monoisotopic (exact) mass is 279 g/mol. The van der Waals surface area contributed by atoms with Crippen molar-refractivity contribution in [3.8, 4) is 0 Å². The third kappa shape index (κ3) is 3.97. The number of benzene rings is 1. The van der Waals surface area contributed by atoms with Crippen LogP contribution in [0.1, 0.15) is 55.2 Å². The van der Waals surface area contributed by atoms with Gasteiger partial charge in [0.15, 0.2) is 0 Å². The Bertz CT molecular complexity index is 402. The molecule has 0 spiro atoms. The van der Waals surface area contributed by atoms with Gasteiger partial charge < -0.3 is 4.90 Å². The van der Waals surface area contributed by atoms with E-state index in [0.717, 1.165) is 13.1 Å². The van der Waals surface area contributed by atoms with Crippen molar-refractivity contribution in [2.75, 3.05) is 19.6 Å². The van der Waals surface area contributed by atoms with Crippen molar-refractivity contribution in [1.29, 1.82) is 0 Å². The maximum Gasteiger partial charge on any atom is 0.0712 e. The zero-order chi connectivity index (χ0) is 13.7. The number of unbranched alkanes of at least 4 members (excludes halogenated alkanes) is 1. The van der Waals surface area contributed by atoms with Crippen LogP contribution in [-0.4, -0.2) is 24.5 Å². The van der Waals surface area contributed by atoms with Crippen molar-refractivity contribution in [2.24, 2.45) is 0 Å². The van der Waals surface area contributed by atoms with Gasteiger partial charge in [0.2, 0.25) is 0 Å². The van der Waals surface area contributed by atoms with Gasteiger partial charge in [0.25, 0.3) is 0 Å². The number of aryl methyl sites for hydroxylation is 2. The van der Waals surface area contributed by atoms with Crippen LogP contribution in [0.2, 0.25) is 0 Å². The van der Waals surface area contributed by atoms with Crippen LogP contribution in [0, 0.1) is 0 Å². The number of hydrogen-bond acceptors (Lipinski definition) is 1. The lowest BCUT2D eigenvalue weighted by molar-refractivity contribution is 0.283. The molecule has 0 radical (unpaired) electrons. The normalized spacial score (nSPS) is 15.8.